The molecule has 0 spiro atoms. The Labute approximate surface area is 218 Å². The topological polar surface area (TPSA) is 118 Å². The normalized spacial score (nSPS) is 22.7. The highest BCUT2D eigenvalue weighted by Crippen LogP contribution is 2.66. The molecule has 0 unspecified atom stereocenters. The van der Waals surface area contributed by atoms with E-state index in [2.05, 4.69) is 21.7 Å². The first-order valence-corrected chi connectivity index (χ1v) is 12.9. The number of nitrogens with two attached hydrogens (primary N) is 1. The lowest BCUT2D eigenvalue weighted by Gasteiger charge is -2.62. The van der Waals surface area contributed by atoms with E-state index in [9.17, 15) is 10.1 Å². The van der Waals surface area contributed by atoms with Gasteiger partial charge in [-0.25, -0.2) is 9.18 Å². The number of nitrogens with one attached hydrogen (secondary N) is 1. The zero-order valence-corrected chi connectivity index (χ0v) is 20.8. The van der Waals surface area contributed by atoms with Crippen molar-refractivity contribution in [3.05, 3.63) is 58.5 Å². The Morgan fingerprint density at radius 2 is 2.03 bits per heavy atom. The van der Waals surface area contributed by atoms with Crippen LogP contribution in [0.25, 0.3) is 28.1 Å². The predicted octanol–water partition coefficient (Wildman–Crippen LogP) is 3.80. The number of nitrogens with zero attached hydrogens (tertiary/aromatic N) is 4. The first kappa shape index (κ1) is 22.9. The summed E-state index contributed by atoms with van der Waals surface area (Å²) in [5.41, 5.74) is 13.5. The van der Waals surface area contributed by atoms with E-state index in [4.69, 9.17) is 10.5 Å². The van der Waals surface area contributed by atoms with Crippen molar-refractivity contribution >= 4 is 17.4 Å². The quantitative estimate of drug-likeness (QED) is 0.489. The summed E-state index contributed by atoms with van der Waals surface area (Å²) < 4.78 is 24.4. The van der Waals surface area contributed by atoms with Crippen molar-refractivity contribution in [3.63, 3.8) is 0 Å². The lowest BCUT2D eigenvalue weighted by atomic mass is 9.42. The maximum Gasteiger partial charge on any atom is 0.152 e. The van der Waals surface area contributed by atoms with Crippen molar-refractivity contribution in [2.45, 2.75) is 43.6 Å². The van der Waals surface area contributed by atoms with Gasteiger partial charge in [0, 0.05) is 30.3 Å². The van der Waals surface area contributed by atoms with Crippen LogP contribution in [0.4, 0.5) is 4.39 Å². The summed E-state index contributed by atoms with van der Waals surface area (Å²) in [5, 5.41) is 18.9. The SMILES string of the molecule is Cn1ncc(-c2ccc3c(c2)C(CN)=NNC3=C=O)c1-c1c(F)c(C23CC(C2)C3)cc(OC2CC2)c1C#N. The number of benzene rings is 2. The van der Waals surface area contributed by atoms with Crippen LogP contribution in [0.1, 0.15) is 54.4 Å². The maximum absolute atomic E-state index is 16.6. The van der Waals surface area contributed by atoms with E-state index in [0.29, 0.717) is 45.3 Å². The molecular formula is C29H25FN6O2. The number of hydrogen-bond donors (Lipinski definition) is 2. The Balaban J connectivity index is 1.44. The monoisotopic (exact) mass is 508 g/mol. The van der Waals surface area contributed by atoms with Crippen molar-refractivity contribution in [2.75, 3.05) is 6.54 Å². The van der Waals surface area contributed by atoms with E-state index >= 15 is 4.39 Å². The van der Waals surface area contributed by atoms with Crippen LogP contribution in [0.2, 0.25) is 0 Å². The fourth-order valence-corrected chi connectivity index (χ4v) is 6.21. The number of hydrazone groups is 1. The van der Waals surface area contributed by atoms with Gasteiger partial charge in [0.1, 0.15) is 28.9 Å². The summed E-state index contributed by atoms with van der Waals surface area (Å²) in [7, 11) is 1.75. The van der Waals surface area contributed by atoms with E-state index in [1.807, 2.05) is 18.1 Å². The number of carbonyl (C=O) groups excluding carboxylic acids is 1. The van der Waals surface area contributed by atoms with Crippen LogP contribution in [0.5, 0.6) is 5.75 Å². The molecule has 8 rings (SSSR count). The zero-order chi connectivity index (χ0) is 26.2. The van der Waals surface area contributed by atoms with Gasteiger partial charge >= 0.3 is 0 Å². The Hall–Kier alpha value is -4.25. The molecule has 2 aromatic carbocycles. The van der Waals surface area contributed by atoms with Gasteiger partial charge in [0.2, 0.25) is 0 Å². The van der Waals surface area contributed by atoms with Crippen molar-refractivity contribution in [1.29, 1.82) is 5.26 Å². The van der Waals surface area contributed by atoms with Gasteiger partial charge in [0.25, 0.3) is 0 Å². The molecule has 9 heteroatoms. The highest BCUT2D eigenvalue weighted by molar-refractivity contribution is 6.10. The van der Waals surface area contributed by atoms with Crippen LogP contribution in [0.15, 0.2) is 35.6 Å². The number of halogens is 1. The summed E-state index contributed by atoms with van der Waals surface area (Å²) in [6, 6.07) is 9.53. The summed E-state index contributed by atoms with van der Waals surface area (Å²) in [6.07, 6.45) is 6.53. The van der Waals surface area contributed by atoms with Crippen molar-refractivity contribution in [3.8, 4) is 34.2 Å². The Kier molecular flexibility index (Phi) is 4.90. The van der Waals surface area contributed by atoms with Crippen LogP contribution in [-0.2, 0) is 17.3 Å². The van der Waals surface area contributed by atoms with Gasteiger partial charge in [-0.15, -0.1) is 0 Å². The molecule has 8 nitrogen and oxygen atoms in total. The van der Waals surface area contributed by atoms with E-state index in [1.165, 1.54) is 0 Å². The van der Waals surface area contributed by atoms with Gasteiger partial charge in [0.15, 0.2) is 5.94 Å². The third-order valence-corrected chi connectivity index (χ3v) is 8.45. The molecule has 1 aliphatic heterocycles. The number of aromatic nitrogens is 2. The molecule has 2 bridgehead atoms. The van der Waals surface area contributed by atoms with Gasteiger partial charge in [-0.3, -0.25) is 10.1 Å². The molecule has 0 radical (unpaired) electrons. The molecule has 0 amide bonds. The zero-order valence-electron chi connectivity index (χ0n) is 20.8. The fourth-order valence-electron chi connectivity index (χ4n) is 6.21. The number of ether oxygens (including phenoxy) is 1. The Bertz CT molecular complexity index is 1640. The first-order chi connectivity index (χ1) is 18.5. The summed E-state index contributed by atoms with van der Waals surface area (Å²) in [4.78, 5) is 11.5. The Morgan fingerprint density at radius 1 is 1.24 bits per heavy atom. The largest absolute Gasteiger partial charge is 0.489 e. The predicted molar refractivity (Wildman–Crippen MR) is 139 cm³/mol. The molecule has 190 valence electrons. The molecule has 2 heterocycles. The number of hydrogen-bond acceptors (Lipinski definition) is 7. The van der Waals surface area contributed by atoms with Crippen LogP contribution >= 0.6 is 0 Å². The minimum absolute atomic E-state index is 0.0654. The minimum atomic E-state index is -0.370. The number of rotatable bonds is 6. The molecule has 3 N–H and O–H groups in total. The standard InChI is InChI=1S/C29H25FN6O2/c1-36-28(21(13-33-36)16-2-5-18-19(6-16)23(12-32)34-35-24(18)14-37)26-20(11-31)25(38-17-3-4-17)7-22(27(26)30)29-8-15(9-29)10-29/h2,5-7,13,15,17,35H,3-4,8-10,12,32H2,1H3. The molecule has 3 aromatic rings. The number of nitriles is 1. The lowest BCUT2D eigenvalue weighted by molar-refractivity contribution is -0.0301. The smallest absolute Gasteiger partial charge is 0.152 e. The van der Waals surface area contributed by atoms with Crippen molar-refractivity contribution < 1.29 is 13.9 Å². The molecular weight excluding hydrogens is 483 g/mol. The summed E-state index contributed by atoms with van der Waals surface area (Å²) >= 11 is 0. The highest BCUT2D eigenvalue weighted by atomic mass is 19.1. The van der Waals surface area contributed by atoms with Gasteiger partial charge in [-0.1, -0.05) is 12.1 Å². The van der Waals surface area contributed by atoms with Crippen LogP contribution in [-0.4, -0.2) is 34.1 Å². The molecule has 5 aliphatic rings. The maximum atomic E-state index is 16.6. The van der Waals surface area contributed by atoms with E-state index in [-0.39, 0.29) is 40.7 Å². The molecule has 4 fully saturated rings. The van der Waals surface area contributed by atoms with Crippen LogP contribution in [0.3, 0.4) is 0 Å². The second-order valence-corrected chi connectivity index (χ2v) is 10.8. The van der Waals surface area contributed by atoms with Crippen molar-refractivity contribution in [2.24, 2.45) is 23.8 Å². The van der Waals surface area contributed by atoms with E-state index < -0.39 is 0 Å². The molecule has 38 heavy (non-hydrogen) atoms. The van der Waals surface area contributed by atoms with Crippen LogP contribution in [0, 0.1) is 23.1 Å². The molecule has 0 atom stereocenters. The average molecular weight is 509 g/mol. The molecule has 1 aromatic heterocycles. The van der Waals surface area contributed by atoms with Gasteiger partial charge in [0.05, 0.1) is 29.3 Å². The van der Waals surface area contributed by atoms with Gasteiger partial charge in [-0.2, -0.15) is 15.5 Å². The average Bonchev–Trinajstić information content (AvgIpc) is 3.61. The van der Waals surface area contributed by atoms with E-state index in [0.717, 1.165) is 37.7 Å². The van der Waals surface area contributed by atoms with Gasteiger partial charge < -0.3 is 10.5 Å². The summed E-state index contributed by atoms with van der Waals surface area (Å²) in [5.74, 6) is 2.63. The molecule has 4 saturated carbocycles. The van der Waals surface area contributed by atoms with Gasteiger partial charge in [-0.05, 0) is 66.7 Å². The molecule has 4 aliphatic carbocycles. The van der Waals surface area contributed by atoms with E-state index in [1.54, 1.807) is 30.1 Å². The van der Waals surface area contributed by atoms with Crippen LogP contribution < -0.4 is 15.9 Å². The number of fused-ring (bicyclic) bond motifs is 1. The third-order valence-electron chi connectivity index (χ3n) is 8.45. The fraction of sp³-hybridized carbons (Fsp3) is 0.345. The second kappa shape index (κ2) is 8.12. The Morgan fingerprint density at radius 3 is 2.66 bits per heavy atom. The minimum Gasteiger partial charge on any atom is -0.489 e. The highest BCUT2D eigenvalue weighted by Gasteiger charge is 2.59. The lowest BCUT2D eigenvalue weighted by Crippen LogP contribution is -2.55. The first-order valence-electron chi connectivity index (χ1n) is 12.9. The second-order valence-electron chi connectivity index (χ2n) is 10.8. The third kappa shape index (κ3) is 3.21. The molecule has 0 saturated heterocycles. The number of aryl methyl sites for hydroxylation is 1. The summed E-state index contributed by atoms with van der Waals surface area (Å²) in [6.45, 7) is 0.162. The van der Waals surface area contributed by atoms with Crippen molar-refractivity contribution in [1.82, 2.24) is 15.2 Å².